The van der Waals surface area contributed by atoms with Gasteiger partial charge in [0.2, 0.25) is 23.6 Å². The topological polar surface area (TPSA) is 148 Å². The lowest BCUT2D eigenvalue weighted by Crippen LogP contribution is -2.47. The number of hydrogen-bond donors (Lipinski definition) is 5. The zero-order chi connectivity index (χ0) is 38.7. The average molecular weight is 782 g/mol. The van der Waals surface area contributed by atoms with E-state index in [0.717, 1.165) is 34.8 Å². The predicted molar refractivity (Wildman–Crippen MR) is 197 cm³/mol. The number of dihydropyridines is 1. The summed E-state index contributed by atoms with van der Waals surface area (Å²) in [6.45, 7) is 1.44. The third kappa shape index (κ3) is 7.96. The van der Waals surface area contributed by atoms with Crippen molar-refractivity contribution in [3.63, 3.8) is 0 Å². The number of nitrogens with zero attached hydrogens (tertiary/aromatic N) is 2. The van der Waals surface area contributed by atoms with Crippen molar-refractivity contribution in [2.75, 3.05) is 33.9 Å². The average Bonchev–Trinajstić information content (AvgIpc) is 3.91. The minimum absolute atomic E-state index is 0.00932. The van der Waals surface area contributed by atoms with Gasteiger partial charge >= 0.3 is 6.18 Å². The molecule has 2 amide bonds. The number of rotatable bonds is 14. The second kappa shape index (κ2) is 16.1. The van der Waals surface area contributed by atoms with Gasteiger partial charge in [-0.3, -0.25) is 14.6 Å². The number of hydrogen-bond acceptors (Lipinski definition) is 10. The van der Waals surface area contributed by atoms with Crippen LogP contribution in [0.25, 0.3) is 0 Å². The summed E-state index contributed by atoms with van der Waals surface area (Å²) in [4.78, 5) is 31.7. The lowest BCUT2D eigenvalue weighted by Gasteiger charge is -2.41. The van der Waals surface area contributed by atoms with Crippen molar-refractivity contribution in [3.05, 3.63) is 105 Å². The van der Waals surface area contributed by atoms with Crippen LogP contribution < -0.4 is 36.1 Å². The van der Waals surface area contributed by atoms with E-state index < -0.39 is 29.3 Å². The number of carbonyl (C=O) groups excluding carboxylic acids is 2. The summed E-state index contributed by atoms with van der Waals surface area (Å²) >= 11 is 7.32. The molecule has 2 aromatic heterocycles. The standard InChI is InChI=1S/C39H43ClF3N7O5/c1-53-35-22(18-45-20-25-6-10-33(51)47-25)16-30(39(41,42)43)37(49-35)55-31-9-8-27-28(31)4-3-5-29(27)38(24-12-14-44-15-13-24)32(40)17-23(36(50-38)54-2)19-46-21-26-7-11-34(52)48-26/h3-5,12-17,25-26,31,45-46,50H,6-11,18-21H2,1-2H3,(H,47,51)(H,48,52)/t25-,26+,31+,38?/m1/s1. The fourth-order valence-electron chi connectivity index (χ4n) is 7.88. The first-order valence-electron chi connectivity index (χ1n) is 18.3. The summed E-state index contributed by atoms with van der Waals surface area (Å²) in [7, 11) is 2.92. The van der Waals surface area contributed by atoms with Gasteiger partial charge < -0.3 is 40.8 Å². The molecule has 1 aromatic carbocycles. The molecule has 1 unspecified atom stereocenters. The van der Waals surface area contributed by atoms with Crippen LogP contribution in [-0.4, -0.2) is 67.7 Å². The Morgan fingerprint density at radius 3 is 2.22 bits per heavy atom. The van der Waals surface area contributed by atoms with Crippen molar-refractivity contribution < 1.29 is 37.0 Å². The zero-order valence-corrected chi connectivity index (χ0v) is 31.2. The Labute approximate surface area is 321 Å². The molecule has 2 fully saturated rings. The molecule has 0 radical (unpaired) electrons. The molecule has 0 bridgehead atoms. The van der Waals surface area contributed by atoms with Crippen LogP contribution in [0.1, 0.15) is 71.6 Å². The summed E-state index contributed by atoms with van der Waals surface area (Å²) < 4.78 is 61.4. The summed E-state index contributed by atoms with van der Waals surface area (Å²) in [6.07, 6.45) is 2.92. The predicted octanol–water partition coefficient (Wildman–Crippen LogP) is 4.63. The Bertz CT molecular complexity index is 2000. The van der Waals surface area contributed by atoms with Crippen molar-refractivity contribution in [1.29, 1.82) is 0 Å². The van der Waals surface area contributed by atoms with E-state index in [1.807, 2.05) is 36.4 Å². The van der Waals surface area contributed by atoms with Gasteiger partial charge in [-0.15, -0.1) is 0 Å². The fourth-order valence-corrected chi connectivity index (χ4v) is 8.27. The quantitative estimate of drug-likeness (QED) is 0.157. The number of carbonyl (C=O) groups is 2. The smallest absolute Gasteiger partial charge is 0.421 e. The van der Waals surface area contributed by atoms with E-state index in [9.17, 15) is 22.8 Å². The molecule has 292 valence electrons. The molecule has 0 spiro atoms. The number of alkyl halides is 3. The number of fused-ring (bicyclic) bond motifs is 1. The molecule has 55 heavy (non-hydrogen) atoms. The maximum atomic E-state index is 14.6. The van der Waals surface area contributed by atoms with Crippen LogP contribution in [0, 0.1) is 0 Å². The summed E-state index contributed by atoms with van der Waals surface area (Å²) in [6, 6.07) is 10.3. The number of ether oxygens (including phenoxy) is 3. The van der Waals surface area contributed by atoms with Gasteiger partial charge in [0.05, 0.1) is 19.3 Å². The number of benzene rings is 1. The van der Waals surface area contributed by atoms with E-state index in [2.05, 4.69) is 36.6 Å². The number of aromatic nitrogens is 2. The monoisotopic (exact) mass is 781 g/mol. The molecule has 3 aliphatic heterocycles. The maximum absolute atomic E-state index is 14.6. The molecule has 4 aliphatic rings. The second-order valence-electron chi connectivity index (χ2n) is 14.1. The highest BCUT2D eigenvalue weighted by Crippen LogP contribution is 2.49. The molecule has 2 saturated heterocycles. The molecular weight excluding hydrogens is 739 g/mol. The van der Waals surface area contributed by atoms with E-state index in [-0.39, 0.29) is 41.9 Å². The molecule has 4 atom stereocenters. The van der Waals surface area contributed by atoms with E-state index in [1.165, 1.54) is 7.11 Å². The molecular formula is C39H43ClF3N7O5. The second-order valence-corrected chi connectivity index (χ2v) is 14.5. The summed E-state index contributed by atoms with van der Waals surface area (Å²) in [5.41, 5.74) is 2.01. The third-order valence-corrected chi connectivity index (χ3v) is 10.9. The van der Waals surface area contributed by atoms with Crippen molar-refractivity contribution in [2.45, 2.75) is 75.0 Å². The van der Waals surface area contributed by atoms with Crippen molar-refractivity contribution in [1.82, 2.24) is 36.6 Å². The maximum Gasteiger partial charge on any atom is 0.421 e. The SMILES string of the molecule is COC1=C(CNC[C@@H]2CCC(=O)N2)C=C(Cl)C(c2ccncc2)(c2cccc3c2CC[C@@H]3Oc2nc(OC)c(CNC[C@H]3CCC(=O)N3)cc2C(F)(F)F)N1. The van der Waals surface area contributed by atoms with Crippen LogP contribution in [0.5, 0.6) is 11.8 Å². The van der Waals surface area contributed by atoms with Crippen molar-refractivity contribution in [2.24, 2.45) is 0 Å². The van der Waals surface area contributed by atoms with Crippen LogP contribution in [0.4, 0.5) is 13.2 Å². The minimum Gasteiger partial charge on any atom is -0.482 e. The van der Waals surface area contributed by atoms with Crippen LogP contribution in [0.2, 0.25) is 0 Å². The van der Waals surface area contributed by atoms with Crippen LogP contribution in [0.3, 0.4) is 0 Å². The van der Waals surface area contributed by atoms with Gasteiger partial charge in [0.25, 0.3) is 0 Å². The van der Waals surface area contributed by atoms with Gasteiger partial charge in [-0.25, -0.2) is 0 Å². The first-order chi connectivity index (χ1) is 26.5. The number of pyridine rings is 2. The highest BCUT2D eigenvalue weighted by Gasteiger charge is 2.45. The molecule has 16 heteroatoms. The van der Waals surface area contributed by atoms with Crippen molar-refractivity contribution in [3.8, 4) is 11.8 Å². The van der Waals surface area contributed by atoms with Gasteiger partial charge in [-0.2, -0.15) is 18.2 Å². The van der Waals surface area contributed by atoms with Crippen LogP contribution in [0.15, 0.2) is 71.4 Å². The number of methoxy groups -OCH3 is 2. The molecule has 5 heterocycles. The van der Waals surface area contributed by atoms with Crippen molar-refractivity contribution >= 4 is 23.4 Å². The van der Waals surface area contributed by atoms with Gasteiger partial charge in [0, 0.05) is 74.6 Å². The normalized spacial score (nSPS) is 23.5. The Morgan fingerprint density at radius 2 is 1.60 bits per heavy atom. The van der Waals surface area contributed by atoms with Crippen LogP contribution in [-0.2, 0) is 39.0 Å². The minimum atomic E-state index is -4.76. The van der Waals surface area contributed by atoms with E-state index in [4.69, 9.17) is 25.8 Å². The highest BCUT2D eigenvalue weighted by atomic mass is 35.5. The summed E-state index contributed by atoms with van der Waals surface area (Å²) in [5.74, 6) is -0.0769. The third-order valence-electron chi connectivity index (χ3n) is 10.6. The van der Waals surface area contributed by atoms with Gasteiger partial charge in [-0.05, 0) is 72.2 Å². The number of amides is 2. The van der Waals surface area contributed by atoms with Gasteiger partial charge in [0.1, 0.15) is 17.2 Å². The number of nitrogens with one attached hydrogen (secondary N) is 5. The van der Waals surface area contributed by atoms with Crippen LogP contribution >= 0.6 is 11.6 Å². The lowest BCUT2D eigenvalue weighted by molar-refractivity contribution is -0.139. The Kier molecular flexibility index (Phi) is 11.2. The molecule has 0 saturated carbocycles. The highest BCUT2D eigenvalue weighted by molar-refractivity contribution is 6.31. The van der Waals surface area contributed by atoms with E-state index in [1.54, 1.807) is 19.5 Å². The Hall–Kier alpha value is -4.86. The zero-order valence-electron chi connectivity index (χ0n) is 30.4. The van der Waals surface area contributed by atoms with E-state index >= 15 is 0 Å². The first kappa shape index (κ1) is 38.4. The Balaban J connectivity index is 1.18. The number of halogens is 4. The Morgan fingerprint density at radius 1 is 0.909 bits per heavy atom. The molecule has 5 N–H and O–H groups in total. The molecule has 12 nitrogen and oxygen atoms in total. The van der Waals surface area contributed by atoms with Gasteiger partial charge in [-0.1, -0.05) is 29.8 Å². The molecule has 3 aromatic rings. The fraction of sp³-hybridized carbons (Fsp3) is 0.436. The largest absolute Gasteiger partial charge is 0.482 e. The summed E-state index contributed by atoms with van der Waals surface area (Å²) in [5, 5.41) is 16.4. The molecule has 1 aliphatic carbocycles. The lowest BCUT2D eigenvalue weighted by atomic mass is 9.77. The molecule has 7 rings (SSSR count). The van der Waals surface area contributed by atoms with Gasteiger partial charge in [0.15, 0.2) is 5.88 Å². The first-order valence-corrected chi connectivity index (χ1v) is 18.7. The van der Waals surface area contributed by atoms with E-state index in [0.29, 0.717) is 68.2 Å².